The lowest BCUT2D eigenvalue weighted by atomic mass is 10.2. The molecule has 1 aromatic rings. The Morgan fingerprint density at radius 1 is 1.35 bits per heavy atom. The summed E-state index contributed by atoms with van der Waals surface area (Å²) in [7, 11) is -0.207. The lowest BCUT2D eigenvalue weighted by Crippen LogP contribution is -2.40. The zero-order valence-electron chi connectivity index (χ0n) is 11.8. The summed E-state index contributed by atoms with van der Waals surface area (Å²) in [4.78, 5) is 0.210. The number of hydrogen-bond acceptors (Lipinski definition) is 5. The maximum atomic E-state index is 12.6. The van der Waals surface area contributed by atoms with Crippen molar-refractivity contribution in [2.75, 3.05) is 40.5 Å². The monoisotopic (exact) mass is 300 g/mol. The zero-order valence-corrected chi connectivity index (χ0v) is 12.6. The third kappa shape index (κ3) is 3.12. The molecule has 1 aromatic carbocycles. The largest absolute Gasteiger partial charge is 0.495 e. The fraction of sp³-hybridized carbons (Fsp3) is 0.538. The molecule has 6 nitrogen and oxygen atoms in total. The van der Waals surface area contributed by atoms with Crippen LogP contribution in [0.1, 0.15) is 5.56 Å². The molecule has 0 atom stereocenters. The van der Waals surface area contributed by atoms with E-state index in [1.54, 1.807) is 18.2 Å². The summed E-state index contributed by atoms with van der Waals surface area (Å²) in [6.07, 6.45) is 0. The smallest absolute Gasteiger partial charge is 0.246 e. The molecule has 0 bridgehead atoms. The first-order valence-corrected chi connectivity index (χ1v) is 7.93. The number of rotatable bonds is 5. The van der Waals surface area contributed by atoms with Crippen LogP contribution in [0, 0.1) is 0 Å². The minimum Gasteiger partial charge on any atom is -0.495 e. The van der Waals surface area contributed by atoms with Gasteiger partial charge < -0.3 is 14.8 Å². The molecule has 1 heterocycles. The fourth-order valence-electron chi connectivity index (χ4n) is 2.17. The molecule has 0 aromatic heterocycles. The Kier molecular flexibility index (Phi) is 4.98. The van der Waals surface area contributed by atoms with Crippen LogP contribution in [0.25, 0.3) is 0 Å². The van der Waals surface area contributed by atoms with Crippen LogP contribution < -0.4 is 10.1 Å². The van der Waals surface area contributed by atoms with Crippen molar-refractivity contribution in [1.82, 2.24) is 9.62 Å². The second-order valence-corrected chi connectivity index (χ2v) is 6.44. The van der Waals surface area contributed by atoms with Crippen LogP contribution in [-0.2, 0) is 21.3 Å². The molecule has 7 heteroatoms. The molecule has 0 saturated carbocycles. The van der Waals surface area contributed by atoms with Gasteiger partial charge in [-0.25, -0.2) is 8.42 Å². The predicted molar refractivity (Wildman–Crippen MR) is 75.3 cm³/mol. The first kappa shape index (κ1) is 15.2. The topological polar surface area (TPSA) is 67.9 Å². The van der Waals surface area contributed by atoms with Crippen molar-refractivity contribution in [3.05, 3.63) is 23.8 Å². The van der Waals surface area contributed by atoms with E-state index in [1.165, 1.54) is 11.4 Å². The molecule has 2 rings (SSSR count). The van der Waals surface area contributed by atoms with Crippen molar-refractivity contribution in [2.24, 2.45) is 0 Å². The van der Waals surface area contributed by atoms with E-state index in [9.17, 15) is 8.42 Å². The number of benzene rings is 1. The lowest BCUT2D eigenvalue weighted by molar-refractivity contribution is 0.0729. The standard InChI is InChI=1S/C13H20N2O4S/c1-14-10-11-3-4-13(12(9-11)18-2)20(16,17)15-5-7-19-8-6-15/h3-4,9,14H,5-8,10H2,1-2H3. The molecule has 1 aliphatic heterocycles. The van der Waals surface area contributed by atoms with Crippen molar-refractivity contribution in [3.8, 4) is 5.75 Å². The number of methoxy groups -OCH3 is 1. The van der Waals surface area contributed by atoms with Gasteiger partial charge in [0.15, 0.2) is 0 Å². The summed E-state index contributed by atoms with van der Waals surface area (Å²) < 4.78 is 37.1. The Labute approximate surface area is 119 Å². The van der Waals surface area contributed by atoms with E-state index in [1.807, 2.05) is 7.05 Å². The third-order valence-electron chi connectivity index (χ3n) is 3.20. The highest BCUT2D eigenvalue weighted by Crippen LogP contribution is 2.28. The number of hydrogen-bond donors (Lipinski definition) is 1. The number of nitrogens with one attached hydrogen (secondary N) is 1. The van der Waals surface area contributed by atoms with Crippen molar-refractivity contribution in [1.29, 1.82) is 0 Å². The maximum absolute atomic E-state index is 12.6. The van der Waals surface area contributed by atoms with Crippen molar-refractivity contribution < 1.29 is 17.9 Å². The van der Waals surface area contributed by atoms with Gasteiger partial charge in [0, 0.05) is 19.6 Å². The molecule has 1 saturated heterocycles. The Morgan fingerprint density at radius 3 is 2.65 bits per heavy atom. The van der Waals surface area contributed by atoms with Crippen LogP contribution in [0.4, 0.5) is 0 Å². The van der Waals surface area contributed by atoms with Gasteiger partial charge in [-0.05, 0) is 24.7 Å². The maximum Gasteiger partial charge on any atom is 0.246 e. The van der Waals surface area contributed by atoms with Gasteiger partial charge in [0.05, 0.1) is 20.3 Å². The van der Waals surface area contributed by atoms with Crippen LogP contribution in [0.5, 0.6) is 5.75 Å². The minimum atomic E-state index is -3.53. The average molecular weight is 300 g/mol. The second kappa shape index (κ2) is 6.53. The van der Waals surface area contributed by atoms with E-state index in [0.717, 1.165) is 5.56 Å². The van der Waals surface area contributed by atoms with Gasteiger partial charge >= 0.3 is 0 Å². The van der Waals surface area contributed by atoms with E-state index in [4.69, 9.17) is 9.47 Å². The van der Waals surface area contributed by atoms with Crippen molar-refractivity contribution in [2.45, 2.75) is 11.4 Å². The highest BCUT2D eigenvalue weighted by Gasteiger charge is 2.29. The van der Waals surface area contributed by atoms with Gasteiger partial charge in [0.25, 0.3) is 0 Å². The van der Waals surface area contributed by atoms with Crippen molar-refractivity contribution in [3.63, 3.8) is 0 Å². The van der Waals surface area contributed by atoms with Crippen molar-refractivity contribution >= 4 is 10.0 Å². The molecule has 0 aliphatic carbocycles. The number of morpholine rings is 1. The van der Waals surface area contributed by atoms with E-state index in [0.29, 0.717) is 38.6 Å². The Morgan fingerprint density at radius 2 is 2.05 bits per heavy atom. The van der Waals surface area contributed by atoms with E-state index < -0.39 is 10.0 Å². The summed E-state index contributed by atoms with van der Waals surface area (Å²) in [6, 6.07) is 5.16. The summed E-state index contributed by atoms with van der Waals surface area (Å²) in [5.74, 6) is 0.379. The molecule has 112 valence electrons. The first-order valence-electron chi connectivity index (χ1n) is 6.49. The minimum absolute atomic E-state index is 0.210. The van der Waals surface area contributed by atoms with E-state index in [2.05, 4.69) is 5.32 Å². The molecule has 1 fully saturated rings. The summed E-state index contributed by atoms with van der Waals surface area (Å²) in [5, 5.41) is 3.02. The van der Waals surface area contributed by atoms with Crippen LogP contribution >= 0.6 is 0 Å². The molecule has 0 spiro atoms. The summed E-state index contributed by atoms with van der Waals surface area (Å²) in [6.45, 7) is 2.28. The molecule has 20 heavy (non-hydrogen) atoms. The Balaban J connectivity index is 2.35. The molecular weight excluding hydrogens is 280 g/mol. The average Bonchev–Trinajstić information content (AvgIpc) is 2.48. The predicted octanol–water partition coefficient (Wildman–Crippen LogP) is 0.435. The molecular formula is C13H20N2O4S. The number of nitrogens with zero attached hydrogens (tertiary/aromatic N) is 1. The Bertz CT molecular complexity index is 553. The van der Waals surface area contributed by atoms with Gasteiger partial charge in [-0.3, -0.25) is 0 Å². The van der Waals surface area contributed by atoms with Crippen LogP contribution in [0.15, 0.2) is 23.1 Å². The lowest BCUT2D eigenvalue weighted by Gasteiger charge is -2.26. The second-order valence-electron chi connectivity index (χ2n) is 4.53. The van der Waals surface area contributed by atoms with Crippen LogP contribution in [0.2, 0.25) is 0 Å². The van der Waals surface area contributed by atoms with E-state index >= 15 is 0 Å². The molecule has 0 unspecified atom stereocenters. The van der Waals surface area contributed by atoms with Gasteiger partial charge in [-0.2, -0.15) is 4.31 Å². The first-order chi connectivity index (χ1) is 9.59. The third-order valence-corrected chi connectivity index (χ3v) is 5.13. The normalized spacial score (nSPS) is 17.1. The van der Waals surface area contributed by atoms with Crippen LogP contribution in [-0.4, -0.2) is 53.2 Å². The van der Waals surface area contributed by atoms with Gasteiger partial charge in [0.2, 0.25) is 10.0 Å². The Hall–Kier alpha value is -1.15. The summed E-state index contributed by atoms with van der Waals surface area (Å²) in [5.41, 5.74) is 0.977. The SMILES string of the molecule is CNCc1ccc(S(=O)(=O)N2CCOCC2)c(OC)c1. The van der Waals surface area contributed by atoms with Gasteiger partial charge in [0.1, 0.15) is 10.6 Å². The van der Waals surface area contributed by atoms with Gasteiger partial charge in [-0.1, -0.05) is 6.07 Å². The fourth-order valence-corrected chi connectivity index (χ4v) is 3.71. The highest BCUT2D eigenvalue weighted by molar-refractivity contribution is 7.89. The molecule has 0 radical (unpaired) electrons. The quantitative estimate of drug-likeness (QED) is 0.854. The molecule has 1 aliphatic rings. The zero-order chi connectivity index (χ0) is 14.6. The molecule has 0 amide bonds. The highest BCUT2D eigenvalue weighted by atomic mass is 32.2. The number of ether oxygens (including phenoxy) is 2. The number of sulfonamides is 1. The van der Waals surface area contributed by atoms with E-state index in [-0.39, 0.29) is 4.90 Å². The van der Waals surface area contributed by atoms with Gasteiger partial charge in [-0.15, -0.1) is 0 Å². The molecule has 1 N–H and O–H groups in total. The van der Waals surface area contributed by atoms with Crippen LogP contribution in [0.3, 0.4) is 0 Å². The summed E-state index contributed by atoms with van der Waals surface area (Å²) >= 11 is 0.